The van der Waals surface area contributed by atoms with Crippen molar-refractivity contribution in [3.63, 3.8) is 0 Å². The molecule has 0 saturated carbocycles. The highest BCUT2D eigenvalue weighted by atomic mass is 32.1. The van der Waals surface area contributed by atoms with Crippen molar-refractivity contribution in [1.82, 2.24) is 9.88 Å². The number of hydrogen-bond donors (Lipinski definition) is 0. The monoisotopic (exact) mass is 425 g/mol. The second-order valence-electron chi connectivity index (χ2n) is 7.19. The molecule has 1 aliphatic rings. The van der Waals surface area contributed by atoms with Gasteiger partial charge in [-0.25, -0.2) is 4.98 Å². The molecule has 0 bridgehead atoms. The van der Waals surface area contributed by atoms with E-state index in [2.05, 4.69) is 4.90 Å². The van der Waals surface area contributed by atoms with Crippen molar-refractivity contribution in [3.8, 4) is 5.75 Å². The lowest BCUT2D eigenvalue weighted by Gasteiger charge is -2.27. The van der Waals surface area contributed by atoms with Crippen molar-refractivity contribution < 1.29 is 14.3 Å². The number of thiazole rings is 1. The molecule has 0 N–H and O–H groups in total. The van der Waals surface area contributed by atoms with Gasteiger partial charge in [0.2, 0.25) is 0 Å². The fourth-order valence-corrected chi connectivity index (χ4v) is 4.54. The van der Waals surface area contributed by atoms with E-state index in [9.17, 15) is 4.79 Å². The molecule has 0 radical (unpaired) electrons. The van der Waals surface area contributed by atoms with E-state index in [0.29, 0.717) is 18.7 Å². The zero-order valence-electron chi connectivity index (χ0n) is 17.3. The first-order chi connectivity index (χ1) is 14.7. The van der Waals surface area contributed by atoms with Gasteiger partial charge in [0.25, 0.3) is 5.91 Å². The fourth-order valence-electron chi connectivity index (χ4n) is 3.55. The van der Waals surface area contributed by atoms with E-state index < -0.39 is 0 Å². The highest BCUT2D eigenvalue weighted by molar-refractivity contribution is 7.22. The summed E-state index contributed by atoms with van der Waals surface area (Å²) in [6, 6.07) is 15.4. The Kier molecular flexibility index (Phi) is 6.94. The summed E-state index contributed by atoms with van der Waals surface area (Å²) < 4.78 is 12.0. The van der Waals surface area contributed by atoms with Gasteiger partial charge in [0.05, 0.1) is 30.0 Å². The van der Waals surface area contributed by atoms with Crippen LogP contribution in [0.2, 0.25) is 0 Å². The zero-order chi connectivity index (χ0) is 20.8. The minimum Gasteiger partial charge on any atom is -0.494 e. The van der Waals surface area contributed by atoms with Crippen LogP contribution in [0.25, 0.3) is 10.2 Å². The lowest BCUT2D eigenvalue weighted by Crippen LogP contribution is -2.39. The summed E-state index contributed by atoms with van der Waals surface area (Å²) in [5, 5.41) is 0.747. The molecule has 30 heavy (non-hydrogen) atoms. The molecule has 0 unspecified atom stereocenters. The molecular weight excluding hydrogens is 398 g/mol. The van der Waals surface area contributed by atoms with Crippen molar-refractivity contribution >= 4 is 32.6 Å². The van der Waals surface area contributed by atoms with Crippen molar-refractivity contribution in [3.05, 3.63) is 54.1 Å². The van der Waals surface area contributed by atoms with Gasteiger partial charge < -0.3 is 9.47 Å². The smallest absolute Gasteiger partial charge is 0.260 e. The molecule has 3 aromatic rings. The number of hydrogen-bond acceptors (Lipinski definition) is 6. The van der Waals surface area contributed by atoms with Gasteiger partial charge in [0, 0.05) is 31.7 Å². The van der Waals surface area contributed by atoms with Crippen LogP contribution in [0.1, 0.15) is 23.7 Å². The predicted octanol–water partition coefficient (Wildman–Crippen LogP) is 4.06. The zero-order valence-corrected chi connectivity index (χ0v) is 18.1. The maximum absolute atomic E-state index is 13.4. The minimum atomic E-state index is -0.0286. The molecule has 1 saturated heterocycles. The van der Waals surface area contributed by atoms with Gasteiger partial charge in [-0.1, -0.05) is 23.5 Å². The molecule has 0 aliphatic carbocycles. The average molecular weight is 426 g/mol. The standard InChI is InChI=1S/C23H27N3O3S/c1-2-29-19-10-8-18(9-11-19)22(27)26(13-5-12-25-14-16-28-17-15-25)23-24-20-6-3-4-7-21(20)30-23/h3-4,6-11H,2,5,12-17H2,1H3. The Bertz CT molecular complexity index is 934. The first kappa shape index (κ1) is 20.8. The number of aromatic nitrogens is 1. The van der Waals surface area contributed by atoms with Crippen LogP contribution in [0, 0.1) is 0 Å². The number of carbonyl (C=O) groups is 1. The third-order valence-electron chi connectivity index (χ3n) is 5.13. The summed E-state index contributed by atoms with van der Waals surface area (Å²) in [4.78, 5) is 22.3. The number of amides is 1. The number of ether oxygens (including phenoxy) is 2. The normalized spacial score (nSPS) is 14.7. The second kappa shape index (κ2) is 10.0. The van der Waals surface area contributed by atoms with E-state index >= 15 is 0 Å². The Balaban J connectivity index is 1.53. The maximum Gasteiger partial charge on any atom is 0.260 e. The molecule has 158 valence electrons. The Hall–Kier alpha value is -2.48. The van der Waals surface area contributed by atoms with E-state index in [0.717, 1.165) is 60.4 Å². The number of para-hydroxylation sites is 1. The first-order valence-corrected chi connectivity index (χ1v) is 11.3. The van der Waals surface area contributed by atoms with Gasteiger partial charge in [0.1, 0.15) is 5.75 Å². The van der Waals surface area contributed by atoms with E-state index in [1.54, 1.807) is 11.3 Å². The van der Waals surface area contributed by atoms with E-state index in [4.69, 9.17) is 14.5 Å². The summed E-state index contributed by atoms with van der Waals surface area (Å²) in [5.74, 6) is 0.743. The molecule has 1 amide bonds. The van der Waals surface area contributed by atoms with Crippen molar-refractivity contribution in [2.75, 3.05) is 50.9 Å². The fraction of sp³-hybridized carbons (Fsp3) is 0.391. The Labute approximate surface area is 181 Å². The predicted molar refractivity (Wildman–Crippen MR) is 121 cm³/mol. The quantitative estimate of drug-likeness (QED) is 0.545. The van der Waals surface area contributed by atoms with Gasteiger partial charge in [-0.05, 0) is 49.7 Å². The first-order valence-electron chi connectivity index (χ1n) is 10.4. The van der Waals surface area contributed by atoms with Crippen LogP contribution in [0.5, 0.6) is 5.75 Å². The molecule has 1 aliphatic heterocycles. The summed E-state index contributed by atoms with van der Waals surface area (Å²) in [6.45, 7) is 7.60. The van der Waals surface area contributed by atoms with Crippen molar-refractivity contribution in [1.29, 1.82) is 0 Å². The number of fused-ring (bicyclic) bond motifs is 1. The highest BCUT2D eigenvalue weighted by Crippen LogP contribution is 2.30. The van der Waals surface area contributed by atoms with Crippen molar-refractivity contribution in [2.45, 2.75) is 13.3 Å². The molecule has 2 heterocycles. The average Bonchev–Trinajstić information content (AvgIpc) is 3.22. The number of rotatable bonds is 8. The third-order valence-corrected chi connectivity index (χ3v) is 6.19. The number of anilines is 1. The molecule has 4 rings (SSSR count). The van der Waals surface area contributed by atoms with Gasteiger partial charge >= 0.3 is 0 Å². The van der Waals surface area contributed by atoms with Crippen LogP contribution in [-0.4, -0.2) is 61.8 Å². The van der Waals surface area contributed by atoms with Crippen LogP contribution < -0.4 is 9.64 Å². The Morgan fingerprint density at radius 3 is 2.67 bits per heavy atom. The van der Waals surface area contributed by atoms with Gasteiger partial charge in [-0.3, -0.25) is 14.6 Å². The van der Waals surface area contributed by atoms with E-state index in [-0.39, 0.29) is 5.91 Å². The van der Waals surface area contributed by atoms with E-state index in [1.807, 2.05) is 60.4 Å². The number of nitrogens with zero attached hydrogens (tertiary/aromatic N) is 3. The van der Waals surface area contributed by atoms with E-state index in [1.165, 1.54) is 0 Å². The lowest BCUT2D eigenvalue weighted by molar-refractivity contribution is 0.0376. The molecule has 2 aromatic carbocycles. The summed E-state index contributed by atoms with van der Waals surface area (Å²) >= 11 is 1.56. The van der Waals surface area contributed by atoms with Crippen molar-refractivity contribution in [2.24, 2.45) is 0 Å². The SMILES string of the molecule is CCOc1ccc(C(=O)N(CCCN2CCOCC2)c2nc3ccccc3s2)cc1. The number of benzene rings is 2. The van der Waals surface area contributed by atoms with Crippen LogP contribution >= 0.6 is 11.3 Å². The molecule has 7 heteroatoms. The summed E-state index contributed by atoms with van der Waals surface area (Å²) in [5.41, 5.74) is 1.57. The number of carbonyl (C=O) groups excluding carboxylic acids is 1. The molecule has 1 aromatic heterocycles. The van der Waals surface area contributed by atoms with Gasteiger partial charge in [-0.15, -0.1) is 0 Å². The topological polar surface area (TPSA) is 54.9 Å². The van der Waals surface area contributed by atoms with Gasteiger partial charge in [-0.2, -0.15) is 0 Å². The third kappa shape index (κ3) is 4.98. The second-order valence-corrected chi connectivity index (χ2v) is 8.20. The molecule has 0 spiro atoms. The highest BCUT2D eigenvalue weighted by Gasteiger charge is 2.22. The Morgan fingerprint density at radius 2 is 1.93 bits per heavy atom. The van der Waals surface area contributed by atoms with Gasteiger partial charge in [0.15, 0.2) is 5.13 Å². The van der Waals surface area contributed by atoms with Crippen LogP contribution in [0.4, 0.5) is 5.13 Å². The molecule has 0 atom stereocenters. The summed E-state index contributed by atoms with van der Waals surface area (Å²) in [7, 11) is 0. The molecular formula is C23H27N3O3S. The van der Waals surface area contributed by atoms with Crippen LogP contribution in [-0.2, 0) is 4.74 Å². The summed E-state index contributed by atoms with van der Waals surface area (Å²) in [6.07, 6.45) is 0.888. The number of morpholine rings is 1. The maximum atomic E-state index is 13.4. The molecule has 6 nitrogen and oxygen atoms in total. The lowest BCUT2D eigenvalue weighted by atomic mass is 10.2. The molecule has 1 fully saturated rings. The van der Waals surface area contributed by atoms with Crippen LogP contribution in [0.3, 0.4) is 0 Å². The van der Waals surface area contributed by atoms with Crippen LogP contribution in [0.15, 0.2) is 48.5 Å². The Morgan fingerprint density at radius 1 is 1.17 bits per heavy atom. The largest absolute Gasteiger partial charge is 0.494 e. The minimum absolute atomic E-state index is 0.0286.